The number of ether oxygens (including phenoxy) is 3. The Morgan fingerprint density at radius 1 is 1.20 bits per heavy atom. The van der Waals surface area contributed by atoms with Gasteiger partial charge in [0.05, 0.1) is 5.69 Å². The number of alkyl halides is 3. The van der Waals surface area contributed by atoms with Crippen molar-refractivity contribution in [3.63, 3.8) is 0 Å². The molecule has 2 aromatic rings. The highest BCUT2D eigenvalue weighted by atomic mass is 35.5. The lowest BCUT2D eigenvalue weighted by atomic mass is 10.2. The zero-order valence-electron chi connectivity index (χ0n) is 18.6. The second kappa shape index (κ2) is 11.6. The number of esters is 1. The maximum Gasteiger partial charge on any atom is 0.490 e. The molecule has 7 nitrogen and oxygen atoms in total. The predicted molar refractivity (Wildman–Crippen MR) is 119 cm³/mol. The molecule has 2 atom stereocenters. The zero-order valence-corrected chi connectivity index (χ0v) is 19.4. The van der Waals surface area contributed by atoms with Crippen molar-refractivity contribution in [3.8, 4) is 11.5 Å². The summed E-state index contributed by atoms with van der Waals surface area (Å²) in [5.41, 5.74) is 0.222. The Labute approximate surface area is 203 Å². The number of nitrogens with zero attached hydrogens (tertiary/aromatic N) is 1. The Morgan fingerprint density at radius 2 is 1.91 bits per heavy atom. The van der Waals surface area contributed by atoms with Crippen LogP contribution in [0.15, 0.2) is 42.5 Å². The first-order valence-electron chi connectivity index (χ1n) is 10.6. The van der Waals surface area contributed by atoms with Gasteiger partial charge >= 0.3 is 12.1 Å². The van der Waals surface area contributed by atoms with Gasteiger partial charge in [-0.1, -0.05) is 11.6 Å². The van der Waals surface area contributed by atoms with Gasteiger partial charge in [-0.3, -0.25) is 9.69 Å². The molecule has 1 aliphatic rings. The van der Waals surface area contributed by atoms with Gasteiger partial charge in [0.2, 0.25) is 5.91 Å². The number of amides is 1. The fourth-order valence-electron chi connectivity index (χ4n) is 3.49. The topological polar surface area (TPSA) is 77.1 Å². The number of rotatable bonds is 9. The van der Waals surface area contributed by atoms with Crippen LogP contribution in [-0.2, 0) is 14.3 Å². The number of anilines is 1. The Balaban J connectivity index is 1.65. The summed E-state index contributed by atoms with van der Waals surface area (Å²) < 4.78 is 67.6. The van der Waals surface area contributed by atoms with Gasteiger partial charge < -0.3 is 19.5 Å². The van der Waals surface area contributed by atoms with E-state index in [-0.39, 0.29) is 24.1 Å². The summed E-state index contributed by atoms with van der Waals surface area (Å²) in [6, 6.07) is 9.84. The molecule has 12 heteroatoms. The molecule has 1 saturated heterocycles. The van der Waals surface area contributed by atoms with Gasteiger partial charge in [0.1, 0.15) is 36.1 Å². The molecule has 0 aliphatic carbocycles. The molecule has 2 unspecified atom stereocenters. The maximum absolute atomic E-state index is 13.1. The SMILES string of the molecule is CC(=O)Nc1cc(Cl)ccc1OCC(CN1CCC(Oc2ccc(F)cc2)C1)OC(=O)C(F)(F)F. The van der Waals surface area contributed by atoms with Crippen molar-refractivity contribution in [2.45, 2.75) is 31.7 Å². The van der Waals surface area contributed by atoms with Crippen LogP contribution in [-0.4, -0.2) is 61.4 Å². The number of nitrogens with one attached hydrogen (secondary N) is 1. The smallest absolute Gasteiger partial charge is 0.489 e. The van der Waals surface area contributed by atoms with Crippen molar-refractivity contribution >= 4 is 29.2 Å². The van der Waals surface area contributed by atoms with Gasteiger partial charge in [-0.25, -0.2) is 9.18 Å². The highest BCUT2D eigenvalue weighted by molar-refractivity contribution is 6.31. The molecule has 1 heterocycles. The minimum Gasteiger partial charge on any atom is -0.489 e. The van der Waals surface area contributed by atoms with Gasteiger partial charge in [-0.2, -0.15) is 13.2 Å². The average Bonchev–Trinajstić information content (AvgIpc) is 3.20. The van der Waals surface area contributed by atoms with Crippen LogP contribution in [0.25, 0.3) is 0 Å². The molecule has 2 aromatic carbocycles. The maximum atomic E-state index is 13.1. The van der Waals surface area contributed by atoms with E-state index >= 15 is 0 Å². The molecule has 190 valence electrons. The summed E-state index contributed by atoms with van der Waals surface area (Å²) in [4.78, 5) is 24.7. The third kappa shape index (κ3) is 8.29. The lowest BCUT2D eigenvalue weighted by Gasteiger charge is -2.25. The highest BCUT2D eigenvalue weighted by Crippen LogP contribution is 2.29. The third-order valence-corrected chi connectivity index (χ3v) is 5.22. The summed E-state index contributed by atoms with van der Waals surface area (Å²) in [5.74, 6) is -2.52. The Morgan fingerprint density at radius 3 is 2.57 bits per heavy atom. The van der Waals surface area contributed by atoms with Crippen molar-refractivity contribution in [2.24, 2.45) is 0 Å². The summed E-state index contributed by atoms with van der Waals surface area (Å²) in [7, 11) is 0. The van der Waals surface area contributed by atoms with E-state index in [1.165, 1.54) is 49.4 Å². The van der Waals surface area contributed by atoms with Crippen LogP contribution in [0.1, 0.15) is 13.3 Å². The van der Waals surface area contributed by atoms with E-state index in [2.05, 4.69) is 10.1 Å². The number of hydrogen-bond acceptors (Lipinski definition) is 6. The first-order valence-corrected chi connectivity index (χ1v) is 11.0. The molecule has 0 radical (unpaired) electrons. The average molecular weight is 519 g/mol. The van der Waals surface area contributed by atoms with Crippen LogP contribution >= 0.6 is 11.6 Å². The molecule has 0 saturated carbocycles. The molecule has 3 rings (SSSR count). The van der Waals surface area contributed by atoms with Crippen LogP contribution in [0.5, 0.6) is 11.5 Å². The largest absolute Gasteiger partial charge is 0.490 e. The molecular formula is C23H23ClF4N2O5. The Bertz CT molecular complexity index is 1040. The molecule has 0 spiro atoms. The number of likely N-dealkylation sites (tertiary alicyclic amines) is 1. The minimum atomic E-state index is -5.17. The summed E-state index contributed by atoms with van der Waals surface area (Å²) in [5, 5.41) is 2.83. The molecule has 1 fully saturated rings. The lowest BCUT2D eigenvalue weighted by Crippen LogP contribution is -2.41. The third-order valence-electron chi connectivity index (χ3n) is 4.99. The summed E-state index contributed by atoms with van der Waals surface area (Å²) in [6.07, 6.45) is -6.14. The minimum absolute atomic E-state index is 0.0475. The number of benzene rings is 2. The molecular weight excluding hydrogens is 496 g/mol. The Hall–Kier alpha value is -3.05. The van der Waals surface area contributed by atoms with Crippen LogP contribution in [0, 0.1) is 5.82 Å². The first kappa shape index (κ1) is 26.6. The van der Waals surface area contributed by atoms with E-state index in [4.69, 9.17) is 21.1 Å². The highest BCUT2D eigenvalue weighted by Gasteiger charge is 2.43. The molecule has 0 bridgehead atoms. The van der Waals surface area contributed by atoms with Crippen molar-refractivity contribution in [3.05, 3.63) is 53.3 Å². The van der Waals surface area contributed by atoms with Gasteiger partial charge in [0.15, 0.2) is 0 Å². The van der Waals surface area contributed by atoms with E-state index in [0.717, 1.165) is 0 Å². The predicted octanol–water partition coefficient (Wildman–Crippen LogP) is 4.44. The summed E-state index contributed by atoms with van der Waals surface area (Å²) in [6.45, 7) is 1.65. The fourth-order valence-corrected chi connectivity index (χ4v) is 3.67. The van der Waals surface area contributed by atoms with Crippen LogP contribution in [0.3, 0.4) is 0 Å². The van der Waals surface area contributed by atoms with E-state index < -0.39 is 36.6 Å². The zero-order chi connectivity index (χ0) is 25.6. The second-order valence-corrected chi connectivity index (χ2v) is 8.34. The molecule has 1 amide bonds. The monoisotopic (exact) mass is 518 g/mol. The van der Waals surface area contributed by atoms with Crippen molar-refractivity contribution in [1.82, 2.24) is 4.90 Å². The summed E-state index contributed by atoms with van der Waals surface area (Å²) >= 11 is 5.94. The second-order valence-electron chi connectivity index (χ2n) is 7.90. The number of carbonyl (C=O) groups excluding carboxylic acids is 2. The molecule has 35 heavy (non-hydrogen) atoms. The van der Waals surface area contributed by atoms with Crippen LogP contribution in [0.4, 0.5) is 23.2 Å². The fraction of sp³-hybridized carbons (Fsp3) is 0.391. The van der Waals surface area contributed by atoms with E-state index in [0.29, 0.717) is 30.3 Å². The molecule has 1 N–H and O–H groups in total. The van der Waals surface area contributed by atoms with Crippen molar-refractivity contribution in [1.29, 1.82) is 0 Å². The van der Waals surface area contributed by atoms with Crippen molar-refractivity contribution in [2.75, 3.05) is 31.6 Å². The quantitative estimate of drug-likeness (QED) is 0.390. The Kier molecular flexibility index (Phi) is 8.79. The van der Waals surface area contributed by atoms with Gasteiger partial charge in [-0.15, -0.1) is 0 Å². The number of carbonyl (C=O) groups is 2. The van der Waals surface area contributed by atoms with E-state index in [9.17, 15) is 27.2 Å². The van der Waals surface area contributed by atoms with E-state index in [1.807, 2.05) is 0 Å². The van der Waals surface area contributed by atoms with Gasteiger partial charge in [0.25, 0.3) is 0 Å². The van der Waals surface area contributed by atoms with E-state index in [1.54, 1.807) is 4.90 Å². The van der Waals surface area contributed by atoms with Crippen LogP contribution in [0.2, 0.25) is 5.02 Å². The normalized spacial score (nSPS) is 17.0. The number of halogens is 5. The standard InChI is InChI=1S/C23H23ClF4N2O5/c1-14(31)29-20-10-15(24)2-7-21(20)33-13-19(35-22(32)23(26,27)28)12-30-9-8-18(11-30)34-17-5-3-16(25)4-6-17/h2-7,10,18-19H,8-9,11-13H2,1H3,(H,29,31). The number of hydrogen-bond donors (Lipinski definition) is 1. The lowest BCUT2D eigenvalue weighted by molar-refractivity contribution is -0.206. The molecule has 1 aliphatic heterocycles. The van der Waals surface area contributed by atoms with Crippen molar-refractivity contribution < 1.29 is 41.4 Å². The van der Waals surface area contributed by atoms with Crippen LogP contribution < -0.4 is 14.8 Å². The molecule has 0 aromatic heterocycles. The van der Waals surface area contributed by atoms with Gasteiger partial charge in [0, 0.05) is 31.6 Å². The first-order chi connectivity index (χ1) is 16.5. The van der Waals surface area contributed by atoms with Gasteiger partial charge in [-0.05, 0) is 48.9 Å².